The lowest BCUT2D eigenvalue weighted by atomic mass is 9.80. The highest BCUT2D eigenvalue weighted by molar-refractivity contribution is 6.20. The fourth-order valence-corrected chi connectivity index (χ4v) is 3.82. The number of carbonyl (C=O) groups is 3. The highest BCUT2D eigenvalue weighted by Crippen LogP contribution is 2.53. The molecule has 1 aromatic carbocycles. The molecule has 2 saturated carbocycles. The third-order valence-corrected chi connectivity index (χ3v) is 5.23. The molecule has 0 aromatic heterocycles. The van der Waals surface area contributed by atoms with Crippen molar-refractivity contribution < 1.29 is 19.2 Å². The smallest absolute Gasteiger partial charge is 0.329 e. The fourth-order valence-electron chi connectivity index (χ4n) is 3.82. The van der Waals surface area contributed by atoms with Crippen molar-refractivity contribution in [2.75, 3.05) is 0 Å². The minimum Gasteiger partial charge on any atom is -0.329 e. The van der Waals surface area contributed by atoms with Gasteiger partial charge < -0.3 is 4.84 Å². The Balaban J connectivity index is 1.51. The molecule has 1 aromatic rings. The summed E-state index contributed by atoms with van der Waals surface area (Å²) in [6.07, 6.45) is 3.04. The molecule has 0 bridgehead atoms. The summed E-state index contributed by atoms with van der Waals surface area (Å²) in [6.45, 7) is 2.04. The molecule has 2 aliphatic carbocycles. The minimum atomic E-state index is -0.554. The van der Waals surface area contributed by atoms with Crippen LogP contribution >= 0.6 is 0 Å². The Morgan fingerprint density at radius 3 is 2.27 bits per heavy atom. The second kappa shape index (κ2) is 4.66. The number of hydrogen-bond acceptors (Lipinski definition) is 4. The topological polar surface area (TPSA) is 63.7 Å². The van der Waals surface area contributed by atoms with Crippen LogP contribution in [-0.2, 0) is 9.63 Å². The maximum absolute atomic E-state index is 12.4. The van der Waals surface area contributed by atoms with E-state index in [1.54, 1.807) is 24.3 Å². The lowest BCUT2D eigenvalue weighted by molar-refractivity contribution is -0.176. The van der Waals surface area contributed by atoms with Crippen molar-refractivity contribution in [2.24, 2.45) is 23.7 Å². The quantitative estimate of drug-likeness (QED) is 0.787. The van der Waals surface area contributed by atoms with Gasteiger partial charge in [-0.25, -0.2) is 4.79 Å². The molecule has 2 amide bonds. The Kier molecular flexibility index (Phi) is 2.86. The molecule has 4 unspecified atom stereocenters. The molecule has 22 heavy (non-hydrogen) atoms. The summed E-state index contributed by atoms with van der Waals surface area (Å²) < 4.78 is 0. The number of imide groups is 1. The molecule has 1 heterocycles. The summed E-state index contributed by atoms with van der Waals surface area (Å²) in [7, 11) is 0. The van der Waals surface area contributed by atoms with Crippen molar-refractivity contribution in [1.82, 2.24) is 5.06 Å². The van der Waals surface area contributed by atoms with Crippen LogP contribution < -0.4 is 0 Å². The second-order valence-electron chi connectivity index (χ2n) is 6.67. The highest BCUT2D eigenvalue weighted by atomic mass is 16.7. The van der Waals surface area contributed by atoms with Gasteiger partial charge in [0.05, 0.1) is 17.0 Å². The highest BCUT2D eigenvalue weighted by Gasteiger charge is 2.49. The van der Waals surface area contributed by atoms with Crippen LogP contribution in [0.3, 0.4) is 0 Å². The van der Waals surface area contributed by atoms with Crippen molar-refractivity contribution in [3.63, 3.8) is 0 Å². The van der Waals surface area contributed by atoms with E-state index in [0.717, 1.165) is 18.8 Å². The molecule has 2 fully saturated rings. The molecule has 3 aliphatic rings. The number of amides is 2. The fraction of sp³-hybridized carbons (Fsp3) is 0.471. The molecule has 5 heteroatoms. The van der Waals surface area contributed by atoms with E-state index in [9.17, 15) is 14.4 Å². The number of fused-ring (bicyclic) bond motifs is 2. The minimum absolute atomic E-state index is 0.215. The van der Waals surface area contributed by atoms with E-state index in [1.165, 1.54) is 6.42 Å². The zero-order chi connectivity index (χ0) is 15.4. The molecule has 114 valence electrons. The standard InChI is InChI=1S/C17H17NO4/c1-9-6-10-7-11(10)8-14(9)17(21)22-18-15(19)12-4-2-3-5-13(12)16(18)20/h2-5,9-11,14H,6-8H2,1H3. The van der Waals surface area contributed by atoms with Crippen molar-refractivity contribution in [3.8, 4) is 0 Å². The largest absolute Gasteiger partial charge is 0.336 e. The van der Waals surface area contributed by atoms with Crippen LogP contribution in [0.2, 0.25) is 0 Å². The first kappa shape index (κ1) is 13.5. The van der Waals surface area contributed by atoms with Crippen LogP contribution in [0.1, 0.15) is 46.9 Å². The molecule has 0 N–H and O–H groups in total. The maximum atomic E-state index is 12.4. The van der Waals surface area contributed by atoms with E-state index < -0.39 is 17.8 Å². The van der Waals surface area contributed by atoms with Crippen LogP contribution in [0.25, 0.3) is 0 Å². The van der Waals surface area contributed by atoms with Gasteiger partial charge in [0.25, 0.3) is 11.8 Å². The van der Waals surface area contributed by atoms with E-state index in [2.05, 4.69) is 0 Å². The monoisotopic (exact) mass is 299 g/mol. The first-order valence-corrected chi connectivity index (χ1v) is 7.76. The van der Waals surface area contributed by atoms with Gasteiger partial charge in [-0.05, 0) is 49.1 Å². The van der Waals surface area contributed by atoms with Crippen molar-refractivity contribution in [3.05, 3.63) is 35.4 Å². The van der Waals surface area contributed by atoms with Gasteiger partial charge in [-0.2, -0.15) is 0 Å². The number of hydrogen-bond donors (Lipinski definition) is 0. The number of benzene rings is 1. The van der Waals surface area contributed by atoms with Gasteiger partial charge in [0.1, 0.15) is 0 Å². The zero-order valence-electron chi connectivity index (χ0n) is 12.3. The van der Waals surface area contributed by atoms with E-state index in [0.29, 0.717) is 22.1 Å². The van der Waals surface area contributed by atoms with E-state index in [4.69, 9.17) is 4.84 Å². The van der Waals surface area contributed by atoms with Crippen molar-refractivity contribution >= 4 is 17.8 Å². The van der Waals surface area contributed by atoms with Crippen LogP contribution in [-0.4, -0.2) is 22.8 Å². The average molecular weight is 299 g/mol. The average Bonchev–Trinajstić information content (AvgIpc) is 3.23. The summed E-state index contributed by atoms with van der Waals surface area (Å²) in [5.41, 5.74) is 0.582. The van der Waals surface area contributed by atoms with Gasteiger partial charge in [-0.15, -0.1) is 0 Å². The van der Waals surface area contributed by atoms with Crippen LogP contribution in [0.4, 0.5) is 0 Å². The summed E-state index contributed by atoms with van der Waals surface area (Å²) in [5, 5.41) is 0.624. The van der Waals surface area contributed by atoms with Crippen molar-refractivity contribution in [2.45, 2.75) is 26.2 Å². The number of hydroxylamine groups is 2. The van der Waals surface area contributed by atoms with Gasteiger partial charge in [0, 0.05) is 0 Å². The van der Waals surface area contributed by atoms with E-state index in [-0.39, 0.29) is 11.8 Å². The molecule has 5 nitrogen and oxygen atoms in total. The number of carbonyl (C=O) groups excluding carboxylic acids is 3. The first-order chi connectivity index (χ1) is 10.6. The number of nitrogens with zero attached hydrogens (tertiary/aromatic N) is 1. The third kappa shape index (κ3) is 1.95. The Bertz CT molecular complexity index is 648. The molecule has 1 aliphatic heterocycles. The Morgan fingerprint density at radius 1 is 1.05 bits per heavy atom. The van der Waals surface area contributed by atoms with Gasteiger partial charge >= 0.3 is 5.97 Å². The lowest BCUT2D eigenvalue weighted by Crippen LogP contribution is -2.37. The normalized spacial score (nSPS) is 32.5. The molecule has 4 atom stereocenters. The predicted octanol–water partition coefficient (Wildman–Crippen LogP) is 2.42. The zero-order valence-corrected chi connectivity index (χ0v) is 12.3. The van der Waals surface area contributed by atoms with Crippen molar-refractivity contribution in [1.29, 1.82) is 0 Å². The SMILES string of the molecule is CC1CC2CC2CC1C(=O)ON1C(=O)c2ccccc2C1=O. The van der Waals surface area contributed by atoms with Gasteiger partial charge in [0.15, 0.2) is 0 Å². The van der Waals surface area contributed by atoms with Gasteiger partial charge in [0.2, 0.25) is 0 Å². The Hall–Kier alpha value is -2.17. The van der Waals surface area contributed by atoms with Gasteiger partial charge in [-0.3, -0.25) is 9.59 Å². The van der Waals surface area contributed by atoms with E-state index in [1.807, 2.05) is 6.92 Å². The van der Waals surface area contributed by atoms with E-state index >= 15 is 0 Å². The Labute approximate surface area is 128 Å². The van der Waals surface area contributed by atoms with Crippen LogP contribution in [0, 0.1) is 23.7 Å². The molecule has 0 saturated heterocycles. The lowest BCUT2D eigenvalue weighted by Gasteiger charge is -2.27. The van der Waals surface area contributed by atoms with Crippen LogP contribution in [0.5, 0.6) is 0 Å². The molecular formula is C17H17NO4. The molecule has 4 rings (SSSR count). The molecule has 0 spiro atoms. The number of rotatable bonds is 2. The molecule has 0 radical (unpaired) electrons. The summed E-state index contributed by atoms with van der Waals surface area (Å²) in [5.74, 6) is -0.149. The predicted molar refractivity (Wildman–Crippen MR) is 76.5 cm³/mol. The molecular weight excluding hydrogens is 282 g/mol. The maximum Gasteiger partial charge on any atom is 0.336 e. The van der Waals surface area contributed by atoms with Gasteiger partial charge in [-0.1, -0.05) is 24.1 Å². The van der Waals surface area contributed by atoms with Crippen LogP contribution in [0.15, 0.2) is 24.3 Å². The summed E-state index contributed by atoms with van der Waals surface area (Å²) >= 11 is 0. The Morgan fingerprint density at radius 2 is 1.64 bits per heavy atom. The third-order valence-electron chi connectivity index (χ3n) is 5.23. The summed E-state index contributed by atoms with van der Waals surface area (Å²) in [4.78, 5) is 42.0. The summed E-state index contributed by atoms with van der Waals surface area (Å²) in [6, 6.07) is 6.51. The first-order valence-electron chi connectivity index (χ1n) is 7.76. The second-order valence-corrected chi connectivity index (χ2v) is 6.67.